The number of benzene rings is 2. The number of aryl methyl sites for hydroxylation is 2. The number of nitrogens with zero attached hydrogens (tertiary/aromatic N) is 2. The highest BCUT2D eigenvalue weighted by molar-refractivity contribution is 8.01. The number of nitro benzene ring substituents is 1. The van der Waals surface area contributed by atoms with Crippen molar-refractivity contribution in [1.29, 1.82) is 0 Å². The van der Waals surface area contributed by atoms with Crippen LogP contribution in [0.2, 0.25) is 0 Å². The van der Waals surface area contributed by atoms with E-state index in [1.807, 2.05) is 41.8 Å². The van der Waals surface area contributed by atoms with Gasteiger partial charge in [0.1, 0.15) is 5.69 Å². The van der Waals surface area contributed by atoms with Crippen molar-refractivity contribution >= 4 is 40.4 Å². The Balaban J connectivity index is 1.66. The van der Waals surface area contributed by atoms with Crippen LogP contribution >= 0.6 is 23.1 Å². The first-order chi connectivity index (χ1) is 12.9. The molecule has 0 unspecified atom stereocenters. The number of carbonyl (C=O) groups excluding carboxylic acids is 1. The van der Waals surface area contributed by atoms with Gasteiger partial charge in [-0.05, 0) is 25.0 Å². The Morgan fingerprint density at radius 3 is 2.70 bits per heavy atom. The van der Waals surface area contributed by atoms with Gasteiger partial charge in [-0.15, -0.1) is 11.3 Å². The SMILES string of the molecule is Cc1cc(C)c(NC(=O)CSc2nc(-c3ccccc3)cs2)c([N+](=O)[O-])c1. The van der Waals surface area contributed by atoms with Crippen LogP contribution in [0.15, 0.2) is 52.2 Å². The summed E-state index contributed by atoms with van der Waals surface area (Å²) in [4.78, 5) is 27.6. The first-order valence-electron chi connectivity index (χ1n) is 8.13. The number of amides is 1. The summed E-state index contributed by atoms with van der Waals surface area (Å²) in [5, 5.41) is 15.9. The van der Waals surface area contributed by atoms with Gasteiger partial charge in [-0.2, -0.15) is 0 Å². The molecule has 0 aliphatic rings. The van der Waals surface area contributed by atoms with E-state index in [0.29, 0.717) is 5.56 Å². The van der Waals surface area contributed by atoms with Crippen LogP contribution in [0.3, 0.4) is 0 Å². The molecule has 0 saturated heterocycles. The third kappa shape index (κ3) is 4.72. The topological polar surface area (TPSA) is 85.1 Å². The first-order valence-corrected chi connectivity index (χ1v) is 10.00. The van der Waals surface area contributed by atoms with Crippen molar-refractivity contribution in [3.63, 3.8) is 0 Å². The van der Waals surface area contributed by atoms with E-state index in [-0.39, 0.29) is 23.0 Å². The van der Waals surface area contributed by atoms with Gasteiger partial charge in [0, 0.05) is 17.0 Å². The molecule has 1 heterocycles. The lowest BCUT2D eigenvalue weighted by Crippen LogP contribution is -2.16. The molecule has 8 heteroatoms. The third-order valence-corrected chi connectivity index (χ3v) is 5.82. The summed E-state index contributed by atoms with van der Waals surface area (Å²) >= 11 is 2.78. The van der Waals surface area contributed by atoms with E-state index < -0.39 is 4.92 Å². The van der Waals surface area contributed by atoms with Gasteiger partial charge < -0.3 is 5.32 Å². The van der Waals surface area contributed by atoms with Crippen molar-refractivity contribution in [3.8, 4) is 11.3 Å². The van der Waals surface area contributed by atoms with Crippen LogP contribution in [0, 0.1) is 24.0 Å². The highest BCUT2D eigenvalue weighted by Crippen LogP contribution is 2.31. The molecule has 1 aromatic heterocycles. The van der Waals surface area contributed by atoms with Gasteiger partial charge in [0.25, 0.3) is 5.69 Å². The summed E-state index contributed by atoms with van der Waals surface area (Å²) in [7, 11) is 0. The fourth-order valence-electron chi connectivity index (χ4n) is 2.62. The quantitative estimate of drug-likeness (QED) is 0.355. The molecule has 1 amide bonds. The number of anilines is 1. The predicted octanol–water partition coefficient (Wildman–Crippen LogP) is 5.07. The van der Waals surface area contributed by atoms with Crippen LogP contribution in [0.1, 0.15) is 11.1 Å². The Morgan fingerprint density at radius 1 is 1.26 bits per heavy atom. The van der Waals surface area contributed by atoms with E-state index in [9.17, 15) is 14.9 Å². The first kappa shape index (κ1) is 19.1. The molecule has 0 atom stereocenters. The molecule has 6 nitrogen and oxygen atoms in total. The fraction of sp³-hybridized carbons (Fsp3) is 0.158. The Morgan fingerprint density at radius 2 is 2.00 bits per heavy atom. The molecular formula is C19H17N3O3S2. The number of aromatic nitrogens is 1. The molecule has 3 rings (SSSR count). The number of hydrogen-bond acceptors (Lipinski definition) is 6. The van der Waals surface area contributed by atoms with Crippen LogP contribution in [0.25, 0.3) is 11.3 Å². The molecule has 0 saturated carbocycles. The zero-order valence-electron chi connectivity index (χ0n) is 14.8. The van der Waals surface area contributed by atoms with Crippen LogP contribution in [0.5, 0.6) is 0 Å². The predicted molar refractivity (Wildman–Crippen MR) is 109 cm³/mol. The molecule has 138 valence electrons. The summed E-state index contributed by atoms with van der Waals surface area (Å²) in [6.07, 6.45) is 0. The molecule has 0 spiro atoms. The minimum Gasteiger partial charge on any atom is -0.319 e. The van der Waals surface area contributed by atoms with Crippen molar-refractivity contribution in [2.75, 3.05) is 11.1 Å². The summed E-state index contributed by atoms with van der Waals surface area (Å²) in [5.41, 5.74) is 3.50. The van der Waals surface area contributed by atoms with Crippen molar-refractivity contribution in [1.82, 2.24) is 4.98 Å². The van der Waals surface area contributed by atoms with Crippen molar-refractivity contribution < 1.29 is 9.72 Å². The monoisotopic (exact) mass is 399 g/mol. The maximum absolute atomic E-state index is 12.3. The van der Waals surface area contributed by atoms with E-state index in [1.165, 1.54) is 29.2 Å². The average molecular weight is 399 g/mol. The Kier molecular flexibility index (Phi) is 5.88. The van der Waals surface area contributed by atoms with Gasteiger partial charge in [0.2, 0.25) is 5.91 Å². The summed E-state index contributed by atoms with van der Waals surface area (Å²) in [5.74, 6) is -0.168. The zero-order chi connectivity index (χ0) is 19.4. The molecule has 1 N–H and O–H groups in total. The minimum atomic E-state index is -0.476. The minimum absolute atomic E-state index is 0.0912. The van der Waals surface area contributed by atoms with Crippen molar-refractivity contribution in [3.05, 3.63) is 69.1 Å². The van der Waals surface area contributed by atoms with Crippen molar-refractivity contribution in [2.45, 2.75) is 18.2 Å². The van der Waals surface area contributed by atoms with Gasteiger partial charge in [-0.1, -0.05) is 48.2 Å². The molecule has 0 aliphatic carbocycles. The van der Waals surface area contributed by atoms with E-state index in [0.717, 1.165) is 21.2 Å². The molecule has 0 fully saturated rings. The van der Waals surface area contributed by atoms with E-state index in [2.05, 4.69) is 10.3 Å². The molecule has 0 aliphatic heterocycles. The summed E-state index contributed by atoms with van der Waals surface area (Å²) in [6, 6.07) is 13.1. The number of nitro groups is 1. The Bertz CT molecular complexity index is 987. The molecule has 3 aromatic rings. The normalized spacial score (nSPS) is 10.6. The number of thiazole rings is 1. The molecule has 0 radical (unpaired) electrons. The van der Waals surface area contributed by atoms with Crippen molar-refractivity contribution in [2.24, 2.45) is 0 Å². The van der Waals surface area contributed by atoms with E-state index in [4.69, 9.17) is 0 Å². The van der Waals surface area contributed by atoms with Crippen LogP contribution in [0.4, 0.5) is 11.4 Å². The third-order valence-electron chi connectivity index (χ3n) is 3.80. The number of hydrogen-bond donors (Lipinski definition) is 1. The van der Waals surface area contributed by atoms with Gasteiger partial charge in [-0.25, -0.2) is 4.98 Å². The molecule has 27 heavy (non-hydrogen) atoms. The lowest BCUT2D eigenvalue weighted by Gasteiger charge is -2.09. The van der Waals surface area contributed by atoms with Gasteiger partial charge in [0.15, 0.2) is 4.34 Å². The molecular weight excluding hydrogens is 382 g/mol. The Hall–Kier alpha value is -2.71. The van der Waals surface area contributed by atoms with Gasteiger partial charge in [-0.3, -0.25) is 14.9 Å². The number of thioether (sulfide) groups is 1. The van der Waals surface area contributed by atoms with Crippen LogP contribution in [-0.2, 0) is 4.79 Å². The standard InChI is InChI=1S/C19H17N3O3S2/c1-12-8-13(2)18(16(9-12)22(24)25)21-17(23)11-27-19-20-15(10-26-19)14-6-4-3-5-7-14/h3-10H,11H2,1-2H3,(H,21,23). The second-order valence-electron chi connectivity index (χ2n) is 5.93. The number of carbonyl (C=O) groups is 1. The lowest BCUT2D eigenvalue weighted by atomic mass is 10.1. The largest absolute Gasteiger partial charge is 0.319 e. The van der Waals surface area contributed by atoms with E-state index in [1.54, 1.807) is 13.8 Å². The van der Waals surface area contributed by atoms with Gasteiger partial charge in [0.05, 0.1) is 16.4 Å². The second kappa shape index (κ2) is 8.32. The fourth-order valence-corrected chi connectivity index (χ4v) is 4.25. The molecule has 0 bridgehead atoms. The maximum Gasteiger partial charge on any atom is 0.293 e. The van der Waals surface area contributed by atoms with Crippen LogP contribution < -0.4 is 5.32 Å². The van der Waals surface area contributed by atoms with Crippen LogP contribution in [-0.4, -0.2) is 21.6 Å². The smallest absolute Gasteiger partial charge is 0.293 e. The lowest BCUT2D eigenvalue weighted by molar-refractivity contribution is -0.384. The highest BCUT2D eigenvalue weighted by atomic mass is 32.2. The number of nitrogens with one attached hydrogen (secondary N) is 1. The van der Waals surface area contributed by atoms with E-state index >= 15 is 0 Å². The maximum atomic E-state index is 12.3. The zero-order valence-corrected chi connectivity index (χ0v) is 16.4. The number of rotatable bonds is 6. The Labute approximate surface area is 164 Å². The average Bonchev–Trinajstić information content (AvgIpc) is 3.11. The second-order valence-corrected chi connectivity index (χ2v) is 8.02. The molecule has 2 aromatic carbocycles. The van der Waals surface area contributed by atoms with Gasteiger partial charge >= 0.3 is 0 Å². The highest BCUT2D eigenvalue weighted by Gasteiger charge is 2.19. The summed E-state index contributed by atoms with van der Waals surface area (Å²) < 4.78 is 0.777. The summed E-state index contributed by atoms with van der Waals surface area (Å²) in [6.45, 7) is 3.53.